The van der Waals surface area contributed by atoms with Gasteiger partial charge in [0.2, 0.25) is 0 Å². The summed E-state index contributed by atoms with van der Waals surface area (Å²) >= 11 is 0. The van der Waals surface area contributed by atoms with Gasteiger partial charge >= 0.3 is 0 Å². The Bertz CT molecular complexity index is 345. The summed E-state index contributed by atoms with van der Waals surface area (Å²) in [5, 5.41) is 12.0. The molecule has 0 aliphatic rings. The summed E-state index contributed by atoms with van der Waals surface area (Å²) < 4.78 is 0. The molecule has 0 fully saturated rings. The number of nitrogens with one attached hydrogen (secondary N) is 1. The summed E-state index contributed by atoms with van der Waals surface area (Å²) in [7, 11) is 1.54. The molecule has 0 saturated carbocycles. The number of phenols is 1. The molecule has 0 aliphatic carbocycles. The van der Waals surface area contributed by atoms with Gasteiger partial charge in [-0.1, -0.05) is 6.07 Å². The molecule has 1 aromatic rings. The Kier molecular flexibility index (Phi) is 2.56. The summed E-state index contributed by atoms with van der Waals surface area (Å²) in [5.41, 5.74) is 2.02. The molecule has 1 rings (SSSR count). The van der Waals surface area contributed by atoms with Crippen molar-refractivity contribution in [1.29, 1.82) is 0 Å². The number of aromatic hydroxyl groups is 1. The van der Waals surface area contributed by atoms with Gasteiger partial charge in [-0.3, -0.25) is 4.79 Å². The quantitative estimate of drug-likeness (QED) is 0.684. The maximum Gasteiger partial charge on any atom is 0.254 e. The predicted octanol–water partition coefficient (Wildman–Crippen LogP) is 1.37. The maximum absolute atomic E-state index is 11.3. The fourth-order valence-corrected chi connectivity index (χ4v) is 1.27. The first-order chi connectivity index (χ1) is 6.06. The van der Waals surface area contributed by atoms with E-state index in [9.17, 15) is 9.90 Å². The molecule has 2 N–H and O–H groups in total. The second kappa shape index (κ2) is 3.47. The van der Waals surface area contributed by atoms with Crippen molar-refractivity contribution in [3.05, 3.63) is 28.8 Å². The van der Waals surface area contributed by atoms with Crippen LogP contribution in [0.1, 0.15) is 21.5 Å². The third-order valence-corrected chi connectivity index (χ3v) is 1.92. The highest BCUT2D eigenvalue weighted by Crippen LogP contribution is 2.23. The zero-order valence-corrected chi connectivity index (χ0v) is 8.01. The number of carbonyl (C=O) groups is 1. The summed E-state index contributed by atoms with van der Waals surface area (Å²) in [6.45, 7) is 3.66. The molecule has 13 heavy (non-hydrogen) atoms. The minimum Gasteiger partial charge on any atom is -0.507 e. The van der Waals surface area contributed by atoms with Crippen molar-refractivity contribution in [2.45, 2.75) is 13.8 Å². The second-order valence-corrected chi connectivity index (χ2v) is 3.06. The molecule has 0 atom stereocenters. The number of carbonyl (C=O) groups excluding carboxylic acids is 1. The van der Waals surface area contributed by atoms with Gasteiger partial charge in [-0.25, -0.2) is 0 Å². The van der Waals surface area contributed by atoms with Gasteiger partial charge in [0.15, 0.2) is 0 Å². The minimum atomic E-state index is -0.260. The standard InChI is InChI=1S/C10H13NO2/c1-6-4-7(2)9(12)8(5-6)10(13)11-3/h4-5,12H,1-3H3,(H,11,13). The van der Waals surface area contributed by atoms with Crippen LogP contribution in [0, 0.1) is 13.8 Å². The highest BCUT2D eigenvalue weighted by atomic mass is 16.3. The first kappa shape index (κ1) is 9.58. The molecule has 0 aliphatic heterocycles. The van der Waals surface area contributed by atoms with Gasteiger partial charge in [0.1, 0.15) is 5.75 Å². The lowest BCUT2D eigenvalue weighted by Gasteiger charge is -2.07. The predicted molar refractivity (Wildman–Crippen MR) is 51.0 cm³/mol. The molecule has 0 unspecified atom stereocenters. The fourth-order valence-electron chi connectivity index (χ4n) is 1.27. The first-order valence-corrected chi connectivity index (χ1v) is 4.08. The Morgan fingerprint density at radius 3 is 2.54 bits per heavy atom. The minimum absolute atomic E-state index is 0.0601. The average molecular weight is 179 g/mol. The molecule has 3 nitrogen and oxygen atoms in total. The average Bonchev–Trinajstić information content (AvgIpc) is 2.10. The molecule has 0 spiro atoms. The Morgan fingerprint density at radius 1 is 1.38 bits per heavy atom. The number of hydrogen-bond donors (Lipinski definition) is 2. The van der Waals surface area contributed by atoms with E-state index in [4.69, 9.17) is 0 Å². The third kappa shape index (κ3) is 1.80. The van der Waals surface area contributed by atoms with Gasteiger partial charge in [-0.2, -0.15) is 0 Å². The van der Waals surface area contributed by atoms with Crippen LogP contribution in [0.5, 0.6) is 5.75 Å². The molecular formula is C10H13NO2. The normalized spacial score (nSPS) is 9.77. The van der Waals surface area contributed by atoms with Crippen LogP contribution in [0.4, 0.5) is 0 Å². The van der Waals surface area contributed by atoms with Crippen LogP contribution in [0.15, 0.2) is 12.1 Å². The van der Waals surface area contributed by atoms with E-state index < -0.39 is 0 Å². The Hall–Kier alpha value is -1.51. The van der Waals surface area contributed by atoms with E-state index >= 15 is 0 Å². The summed E-state index contributed by atoms with van der Waals surface area (Å²) in [4.78, 5) is 11.3. The van der Waals surface area contributed by atoms with Crippen LogP contribution in [0.2, 0.25) is 0 Å². The zero-order chi connectivity index (χ0) is 10.0. The van der Waals surface area contributed by atoms with Crippen molar-refractivity contribution < 1.29 is 9.90 Å². The van der Waals surface area contributed by atoms with Crippen LogP contribution in [-0.2, 0) is 0 Å². The number of phenolic OH excluding ortho intramolecular Hbond substituents is 1. The summed E-state index contributed by atoms with van der Waals surface area (Å²) in [5.74, 6) is -0.200. The van der Waals surface area contributed by atoms with Crippen molar-refractivity contribution in [3.8, 4) is 5.75 Å². The summed E-state index contributed by atoms with van der Waals surface area (Å²) in [6, 6.07) is 3.50. The van der Waals surface area contributed by atoms with Crippen molar-refractivity contribution in [2.24, 2.45) is 0 Å². The van der Waals surface area contributed by atoms with Crippen molar-refractivity contribution in [1.82, 2.24) is 5.32 Å². The molecule has 70 valence electrons. The van der Waals surface area contributed by atoms with Gasteiger partial charge in [0.05, 0.1) is 5.56 Å². The van der Waals surface area contributed by atoms with E-state index in [0.717, 1.165) is 11.1 Å². The highest BCUT2D eigenvalue weighted by molar-refractivity contribution is 5.97. The van der Waals surface area contributed by atoms with Gasteiger partial charge < -0.3 is 10.4 Å². The van der Waals surface area contributed by atoms with Gasteiger partial charge in [0, 0.05) is 7.05 Å². The number of amides is 1. The molecule has 0 saturated heterocycles. The van der Waals surface area contributed by atoms with E-state index in [1.807, 2.05) is 13.0 Å². The van der Waals surface area contributed by atoms with Crippen molar-refractivity contribution >= 4 is 5.91 Å². The van der Waals surface area contributed by atoms with Crippen LogP contribution in [-0.4, -0.2) is 18.1 Å². The lowest BCUT2D eigenvalue weighted by molar-refractivity contribution is 0.0960. The van der Waals surface area contributed by atoms with Crippen LogP contribution < -0.4 is 5.32 Å². The third-order valence-electron chi connectivity index (χ3n) is 1.92. The Balaban J connectivity index is 3.28. The number of hydrogen-bond acceptors (Lipinski definition) is 2. The Labute approximate surface area is 77.4 Å². The van der Waals surface area contributed by atoms with Crippen LogP contribution in [0.3, 0.4) is 0 Å². The number of rotatable bonds is 1. The van der Waals surface area contributed by atoms with E-state index in [1.54, 1.807) is 20.0 Å². The van der Waals surface area contributed by atoms with E-state index in [-0.39, 0.29) is 11.7 Å². The van der Waals surface area contributed by atoms with Crippen LogP contribution >= 0.6 is 0 Å². The smallest absolute Gasteiger partial charge is 0.254 e. The van der Waals surface area contributed by atoms with E-state index in [2.05, 4.69) is 5.32 Å². The maximum atomic E-state index is 11.3. The van der Waals surface area contributed by atoms with Crippen molar-refractivity contribution in [2.75, 3.05) is 7.05 Å². The SMILES string of the molecule is CNC(=O)c1cc(C)cc(C)c1O. The molecular weight excluding hydrogens is 166 g/mol. The molecule has 0 radical (unpaired) electrons. The van der Waals surface area contributed by atoms with Crippen LogP contribution in [0.25, 0.3) is 0 Å². The molecule has 3 heteroatoms. The summed E-state index contributed by atoms with van der Waals surface area (Å²) in [6.07, 6.45) is 0. The molecule has 0 bridgehead atoms. The molecule has 1 aromatic carbocycles. The first-order valence-electron chi connectivity index (χ1n) is 4.08. The lowest BCUT2D eigenvalue weighted by Crippen LogP contribution is -2.18. The second-order valence-electron chi connectivity index (χ2n) is 3.06. The molecule has 0 heterocycles. The van der Waals surface area contributed by atoms with Gasteiger partial charge in [0.25, 0.3) is 5.91 Å². The molecule has 1 amide bonds. The fraction of sp³-hybridized carbons (Fsp3) is 0.300. The van der Waals surface area contributed by atoms with Crippen molar-refractivity contribution in [3.63, 3.8) is 0 Å². The lowest BCUT2D eigenvalue weighted by atomic mass is 10.1. The monoisotopic (exact) mass is 179 g/mol. The number of benzene rings is 1. The highest BCUT2D eigenvalue weighted by Gasteiger charge is 2.11. The number of aryl methyl sites for hydroxylation is 2. The molecule has 0 aromatic heterocycles. The van der Waals surface area contributed by atoms with Gasteiger partial charge in [-0.05, 0) is 31.0 Å². The largest absolute Gasteiger partial charge is 0.507 e. The topological polar surface area (TPSA) is 49.3 Å². The van der Waals surface area contributed by atoms with E-state index in [1.165, 1.54) is 0 Å². The zero-order valence-electron chi connectivity index (χ0n) is 8.01. The Morgan fingerprint density at radius 2 is 2.00 bits per heavy atom. The van der Waals surface area contributed by atoms with Gasteiger partial charge in [-0.15, -0.1) is 0 Å². The van der Waals surface area contributed by atoms with E-state index in [0.29, 0.717) is 5.56 Å².